The molecule has 1 aromatic carbocycles. The summed E-state index contributed by atoms with van der Waals surface area (Å²) < 4.78 is 0. The van der Waals surface area contributed by atoms with Crippen LogP contribution in [0.5, 0.6) is 0 Å². The Hall–Kier alpha value is -1.98. The number of aromatic nitrogens is 2. The highest BCUT2D eigenvalue weighted by molar-refractivity contribution is 6.29. The van der Waals surface area contributed by atoms with Gasteiger partial charge in [0.1, 0.15) is 5.15 Å². The molecule has 6 heteroatoms. The molecule has 0 unspecified atom stereocenters. The molecule has 1 amide bonds. The number of nitrogens with zero attached hydrogens (tertiary/aromatic N) is 2. The van der Waals surface area contributed by atoms with Gasteiger partial charge in [0.05, 0.1) is 6.04 Å². The number of hydrogen-bond donors (Lipinski definition) is 2. The Bertz CT molecular complexity index is 562. The number of anilines is 1. The van der Waals surface area contributed by atoms with Crippen molar-refractivity contribution in [2.45, 2.75) is 12.5 Å². The van der Waals surface area contributed by atoms with E-state index in [-0.39, 0.29) is 17.0 Å². The molecule has 2 aromatic rings. The van der Waals surface area contributed by atoms with Crippen LogP contribution in [0.15, 0.2) is 42.6 Å². The molecule has 0 fully saturated rings. The molecule has 0 aliphatic heterocycles. The van der Waals surface area contributed by atoms with Crippen LogP contribution < -0.4 is 11.1 Å². The van der Waals surface area contributed by atoms with Gasteiger partial charge in [-0.25, -0.2) is 9.97 Å². The lowest BCUT2D eigenvalue weighted by molar-refractivity contribution is -0.117. The smallest absolute Gasteiger partial charge is 0.243 e. The molecule has 98 valence electrons. The molecule has 1 aromatic heterocycles. The molecule has 0 aliphatic rings. The number of hydrogen-bond acceptors (Lipinski definition) is 4. The summed E-state index contributed by atoms with van der Waals surface area (Å²) >= 11 is 5.70. The van der Waals surface area contributed by atoms with Crippen LogP contribution in [-0.4, -0.2) is 21.9 Å². The van der Waals surface area contributed by atoms with Crippen molar-refractivity contribution >= 4 is 23.5 Å². The van der Waals surface area contributed by atoms with Gasteiger partial charge < -0.3 is 5.73 Å². The fourth-order valence-corrected chi connectivity index (χ4v) is 1.70. The van der Waals surface area contributed by atoms with E-state index in [9.17, 15) is 4.79 Å². The molecule has 0 aliphatic carbocycles. The number of nitrogens with one attached hydrogen (secondary N) is 1. The highest BCUT2D eigenvalue weighted by Gasteiger charge is 2.15. The molecule has 0 bridgehead atoms. The van der Waals surface area contributed by atoms with Crippen LogP contribution >= 0.6 is 11.6 Å². The lowest BCUT2D eigenvalue weighted by Gasteiger charge is -2.11. The molecule has 19 heavy (non-hydrogen) atoms. The number of rotatable bonds is 4. The van der Waals surface area contributed by atoms with Gasteiger partial charge in [-0.2, -0.15) is 0 Å². The van der Waals surface area contributed by atoms with Crippen LogP contribution in [0.25, 0.3) is 0 Å². The Morgan fingerprint density at radius 1 is 1.32 bits per heavy atom. The first-order valence-electron chi connectivity index (χ1n) is 5.74. The van der Waals surface area contributed by atoms with Gasteiger partial charge in [0.25, 0.3) is 0 Å². The van der Waals surface area contributed by atoms with Gasteiger partial charge in [-0.15, -0.1) is 0 Å². The Balaban J connectivity index is 1.96. The molecule has 0 saturated heterocycles. The van der Waals surface area contributed by atoms with Crippen LogP contribution in [-0.2, 0) is 11.2 Å². The molecule has 0 saturated carbocycles. The molecule has 5 nitrogen and oxygen atoms in total. The molecule has 1 atom stereocenters. The maximum atomic E-state index is 11.9. The van der Waals surface area contributed by atoms with Gasteiger partial charge in [0.2, 0.25) is 11.9 Å². The fourth-order valence-electron chi connectivity index (χ4n) is 1.56. The number of benzene rings is 1. The van der Waals surface area contributed by atoms with Crippen LogP contribution in [0.1, 0.15) is 5.56 Å². The van der Waals surface area contributed by atoms with Gasteiger partial charge in [0.15, 0.2) is 0 Å². The first-order chi connectivity index (χ1) is 9.15. The summed E-state index contributed by atoms with van der Waals surface area (Å²) in [6.07, 6.45) is 1.92. The Morgan fingerprint density at radius 3 is 2.74 bits per heavy atom. The van der Waals surface area contributed by atoms with Gasteiger partial charge in [-0.05, 0) is 18.1 Å². The van der Waals surface area contributed by atoms with Crippen LogP contribution in [0, 0.1) is 0 Å². The van der Waals surface area contributed by atoms with Crippen molar-refractivity contribution in [2.75, 3.05) is 5.32 Å². The van der Waals surface area contributed by atoms with E-state index in [1.807, 2.05) is 30.3 Å². The van der Waals surface area contributed by atoms with Crippen molar-refractivity contribution in [1.29, 1.82) is 0 Å². The van der Waals surface area contributed by atoms with Crippen molar-refractivity contribution in [3.63, 3.8) is 0 Å². The Labute approximate surface area is 115 Å². The van der Waals surface area contributed by atoms with Crippen molar-refractivity contribution in [3.05, 3.63) is 53.3 Å². The summed E-state index contributed by atoms with van der Waals surface area (Å²) in [5.74, 6) is -0.188. The SMILES string of the molecule is N[C@@H](Cc1ccccc1)C(=O)Nc1nccc(Cl)n1. The predicted octanol–water partition coefficient (Wildman–Crippen LogP) is 1.64. The number of nitrogens with two attached hydrogens (primary N) is 1. The minimum atomic E-state index is -0.662. The van der Waals surface area contributed by atoms with Crippen molar-refractivity contribution < 1.29 is 4.79 Å². The van der Waals surface area contributed by atoms with E-state index >= 15 is 0 Å². The van der Waals surface area contributed by atoms with Gasteiger partial charge >= 0.3 is 0 Å². The maximum absolute atomic E-state index is 11.9. The van der Waals surface area contributed by atoms with Gasteiger partial charge in [-0.3, -0.25) is 10.1 Å². The van der Waals surface area contributed by atoms with E-state index in [0.29, 0.717) is 6.42 Å². The van der Waals surface area contributed by atoms with E-state index in [1.54, 1.807) is 0 Å². The highest BCUT2D eigenvalue weighted by atomic mass is 35.5. The average Bonchev–Trinajstić information content (AvgIpc) is 2.40. The molecule has 2 rings (SSSR count). The third-order valence-corrected chi connectivity index (χ3v) is 2.70. The van der Waals surface area contributed by atoms with E-state index in [0.717, 1.165) is 5.56 Å². The standard InChI is InChI=1S/C13H13ClN4O/c14-11-6-7-16-13(17-11)18-12(19)10(15)8-9-4-2-1-3-5-9/h1-7,10H,8,15H2,(H,16,17,18,19)/t10-/m0/s1. The number of carbonyl (C=O) groups excluding carboxylic acids is 1. The quantitative estimate of drug-likeness (QED) is 0.832. The Morgan fingerprint density at radius 2 is 2.05 bits per heavy atom. The summed E-state index contributed by atoms with van der Waals surface area (Å²) in [7, 11) is 0. The molecular formula is C13H13ClN4O. The lowest BCUT2D eigenvalue weighted by atomic mass is 10.1. The topological polar surface area (TPSA) is 80.9 Å². The fraction of sp³-hybridized carbons (Fsp3) is 0.154. The van der Waals surface area contributed by atoms with E-state index in [1.165, 1.54) is 12.3 Å². The van der Waals surface area contributed by atoms with Crippen molar-refractivity contribution in [3.8, 4) is 0 Å². The first kappa shape index (κ1) is 13.5. The van der Waals surface area contributed by atoms with Gasteiger partial charge in [-0.1, -0.05) is 41.9 Å². The van der Waals surface area contributed by atoms with Crippen molar-refractivity contribution in [2.24, 2.45) is 5.73 Å². The van der Waals surface area contributed by atoms with E-state index < -0.39 is 6.04 Å². The summed E-state index contributed by atoms with van der Waals surface area (Å²) in [5, 5.41) is 2.80. The van der Waals surface area contributed by atoms with Crippen LogP contribution in [0.3, 0.4) is 0 Å². The number of amides is 1. The third kappa shape index (κ3) is 4.01. The van der Waals surface area contributed by atoms with Crippen molar-refractivity contribution in [1.82, 2.24) is 9.97 Å². The largest absolute Gasteiger partial charge is 0.320 e. The van der Waals surface area contributed by atoms with E-state index in [2.05, 4.69) is 15.3 Å². The third-order valence-electron chi connectivity index (χ3n) is 2.49. The summed E-state index contributed by atoms with van der Waals surface area (Å²) in [6, 6.07) is 10.4. The lowest BCUT2D eigenvalue weighted by Crippen LogP contribution is -2.37. The van der Waals surface area contributed by atoms with Crippen LogP contribution in [0.2, 0.25) is 5.15 Å². The summed E-state index contributed by atoms with van der Waals surface area (Å²) in [4.78, 5) is 19.6. The minimum Gasteiger partial charge on any atom is -0.320 e. The molecule has 0 radical (unpaired) electrons. The number of carbonyl (C=O) groups is 1. The zero-order valence-corrected chi connectivity index (χ0v) is 10.8. The Kier molecular flexibility index (Phi) is 4.43. The second-order valence-electron chi connectivity index (χ2n) is 3.99. The molecule has 1 heterocycles. The normalized spacial score (nSPS) is 11.9. The summed E-state index contributed by atoms with van der Waals surface area (Å²) in [5.41, 5.74) is 6.83. The average molecular weight is 277 g/mol. The zero-order valence-electron chi connectivity index (χ0n) is 10.1. The molecule has 3 N–H and O–H groups in total. The van der Waals surface area contributed by atoms with Crippen LogP contribution in [0.4, 0.5) is 5.95 Å². The zero-order chi connectivity index (χ0) is 13.7. The van der Waals surface area contributed by atoms with Gasteiger partial charge in [0, 0.05) is 6.20 Å². The second kappa shape index (κ2) is 6.26. The van der Waals surface area contributed by atoms with E-state index in [4.69, 9.17) is 17.3 Å². The number of halogens is 1. The monoisotopic (exact) mass is 276 g/mol. The highest BCUT2D eigenvalue weighted by Crippen LogP contribution is 2.07. The molecule has 0 spiro atoms. The predicted molar refractivity (Wildman–Crippen MR) is 73.8 cm³/mol. The molecular weight excluding hydrogens is 264 g/mol. The summed E-state index contributed by atoms with van der Waals surface area (Å²) in [6.45, 7) is 0. The maximum Gasteiger partial charge on any atom is 0.243 e. The minimum absolute atomic E-state index is 0.154. The first-order valence-corrected chi connectivity index (χ1v) is 6.12. The second-order valence-corrected chi connectivity index (χ2v) is 4.38.